The van der Waals surface area contributed by atoms with Gasteiger partial charge in [-0.1, -0.05) is 0 Å². The molecule has 0 amide bonds. The predicted octanol–water partition coefficient (Wildman–Crippen LogP) is 5.00. The van der Waals surface area contributed by atoms with Crippen molar-refractivity contribution in [1.82, 2.24) is 0 Å². The van der Waals surface area contributed by atoms with Gasteiger partial charge in [-0.05, 0) is 0 Å². The first-order valence-corrected chi connectivity index (χ1v) is 12.4. The van der Waals surface area contributed by atoms with Gasteiger partial charge in [0.15, 0.2) is 0 Å². The second kappa shape index (κ2) is 11.0. The summed E-state index contributed by atoms with van der Waals surface area (Å²) in [5.41, 5.74) is 2.39. The summed E-state index contributed by atoms with van der Waals surface area (Å²) in [5, 5.41) is 1.16. The molecule has 158 valence electrons. The van der Waals surface area contributed by atoms with Crippen LogP contribution in [0.2, 0.25) is 10.1 Å². The maximum absolute atomic E-state index is 6.29. The second-order valence-corrected chi connectivity index (χ2v) is 10.3. The molecule has 1 saturated heterocycles. The minimum absolute atomic E-state index is 0.338. The number of benzene rings is 2. The Morgan fingerprint density at radius 1 is 0.793 bits per heavy atom. The van der Waals surface area contributed by atoms with E-state index in [9.17, 15) is 0 Å². The van der Waals surface area contributed by atoms with Crippen molar-refractivity contribution in [2.75, 3.05) is 20.8 Å². The summed E-state index contributed by atoms with van der Waals surface area (Å²) in [5.74, 6) is 2.92. The molecule has 1 aliphatic heterocycles. The Hall–Kier alpha value is -1.52. The molecule has 1 aliphatic rings. The van der Waals surface area contributed by atoms with Crippen LogP contribution in [0.15, 0.2) is 48.5 Å². The molecular weight excluding hydrogens is 431 g/mol. The molecule has 0 aliphatic carbocycles. The van der Waals surface area contributed by atoms with E-state index >= 15 is 0 Å². The average molecular weight is 463 g/mol. The summed E-state index contributed by atoms with van der Waals surface area (Å²) in [6.45, 7) is 6.85. The third-order valence-corrected chi connectivity index (χ3v) is 8.99. The molecule has 0 aromatic heterocycles. The molecule has 0 saturated carbocycles. The number of methoxy groups -OCH3 is 2. The van der Waals surface area contributed by atoms with Crippen molar-refractivity contribution in [3.63, 3.8) is 0 Å². The van der Waals surface area contributed by atoms with E-state index in [1.165, 1.54) is 11.1 Å². The molecule has 0 N–H and O–H groups in total. The van der Waals surface area contributed by atoms with Gasteiger partial charge in [-0.25, -0.2) is 0 Å². The predicted molar refractivity (Wildman–Crippen MR) is 117 cm³/mol. The topological polar surface area (TPSA) is 36.9 Å². The van der Waals surface area contributed by atoms with Crippen LogP contribution in [0.3, 0.4) is 0 Å². The first-order chi connectivity index (χ1) is 14.1. The van der Waals surface area contributed by atoms with Crippen molar-refractivity contribution >= 4 is 15.0 Å². The molecule has 0 spiro atoms. The van der Waals surface area contributed by atoms with Crippen LogP contribution in [-0.4, -0.2) is 41.9 Å². The van der Waals surface area contributed by atoms with Gasteiger partial charge in [0, 0.05) is 0 Å². The zero-order valence-electron chi connectivity index (χ0n) is 17.8. The van der Waals surface area contributed by atoms with Crippen LogP contribution >= 0.6 is 0 Å². The van der Waals surface area contributed by atoms with Gasteiger partial charge in [0.05, 0.1) is 0 Å². The molecule has 1 fully saturated rings. The number of hydrogen-bond donors (Lipinski definition) is 0. The Morgan fingerprint density at radius 2 is 1.34 bits per heavy atom. The van der Waals surface area contributed by atoms with Crippen molar-refractivity contribution < 1.29 is 18.9 Å². The third kappa shape index (κ3) is 6.23. The zero-order chi connectivity index (χ0) is 20.6. The second-order valence-electron chi connectivity index (χ2n) is 7.65. The van der Waals surface area contributed by atoms with E-state index in [0.29, 0.717) is 50.9 Å². The Morgan fingerprint density at radius 3 is 1.90 bits per heavy atom. The van der Waals surface area contributed by atoms with E-state index in [1.54, 1.807) is 14.2 Å². The Kier molecular flexibility index (Phi) is 8.43. The molecule has 3 rings (SSSR count). The van der Waals surface area contributed by atoms with Crippen LogP contribution in [0.4, 0.5) is 0 Å². The van der Waals surface area contributed by atoms with Gasteiger partial charge in [-0.15, -0.1) is 0 Å². The van der Waals surface area contributed by atoms with Gasteiger partial charge in [0.1, 0.15) is 0 Å². The first-order valence-electron chi connectivity index (χ1n) is 10.2. The summed E-state index contributed by atoms with van der Waals surface area (Å²) >= 11 is 0.538. The number of hydrogen-bond acceptors (Lipinski definition) is 4. The van der Waals surface area contributed by atoms with Gasteiger partial charge < -0.3 is 0 Å². The molecule has 2 aromatic carbocycles. The van der Waals surface area contributed by atoms with E-state index < -0.39 is 0 Å². The molecule has 4 atom stereocenters. The van der Waals surface area contributed by atoms with E-state index in [0.717, 1.165) is 23.4 Å². The molecule has 1 heterocycles. The normalized spacial score (nSPS) is 24.3. The van der Waals surface area contributed by atoms with Crippen LogP contribution in [0, 0.1) is 11.8 Å². The monoisotopic (exact) mass is 464 g/mol. The van der Waals surface area contributed by atoms with Crippen molar-refractivity contribution in [2.24, 2.45) is 11.8 Å². The fraction of sp³-hybridized carbons (Fsp3) is 0.500. The van der Waals surface area contributed by atoms with Gasteiger partial charge in [0.25, 0.3) is 0 Å². The van der Waals surface area contributed by atoms with E-state index in [1.807, 2.05) is 24.3 Å². The summed E-state index contributed by atoms with van der Waals surface area (Å²) in [4.78, 5) is 0.650. The third-order valence-electron chi connectivity index (χ3n) is 5.81. The molecular formula is C24H32O4Se. The molecule has 2 aromatic rings. The average Bonchev–Trinajstić information content (AvgIpc) is 2.77. The number of rotatable bonds is 9. The molecule has 0 radical (unpaired) electrons. The summed E-state index contributed by atoms with van der Waals surface area (Å²) in [6.07, 6.45) is 0.338. The first kappa shape index (κ1) is 22.2. The van der Waals surface area contributed by atoms with Crippen LogP contribution < -0.4 is 9.47 Å². The quantitative estimate of drug-likeness (QED) is 0.491. The molecule has 4 nitrogen and oxygen atoms in total. The fourth-order valence-electron chi connectivity index (χ4n) is 3.54. The number of ether oxygens (including phenoxy) is 4. The Labute approximate surface area is 181 Å². The SMILES string of the molecule is COc1ccc(COCC2[Se]CC(OCc3ccc(OC)cc3)[C@@H](C)[C@@H]2C)cc1. The van der Waals surface area contributed by atoms with Gasteiger partial charge >= 0.3 is 181 Å². The molecule has 0 bridgehead atoms. The van der Waals surface area contributed by atoms with Gasteiger partial charge in [0.2, 0.25) is 0 Å². The van der Waals surface area contributed by atoms with Crippen LogP contribution in [0.5, 0.6) is 11.5 Å². The van der Waals surface area contributed by atoms with Gasteiger partial charge in [-0.2, -0.15) is 0 Å². The Balaban J connectivity index is 1.42. The Bertz CT molecular complexity index is 730. The fourth-order valence-corrected chi connectivity index (χ4v) is 6.85. The summed E-state index contributed by atoms with van der Waals surface area (Å²) in [6, 6.07) is 16.3. The van der Waals surface area contributed by atoms with Crippen molar-refractivity contribution in [3.8, 4) is 11.5 Å². The maximum atomic E-state index is 6.29. The van der Waals surface area contributed by atoms with E-state index in [2.05, 4.69) is 38.1 Å². The standard InChI is InChI=1S/C24H32O4Se/c1-17-18(2)24(15-27-13-19-5-9-21(25-3)10-6-19)29-16-23(17)28-14-20-7-11-22(26-4)12-8-20/h5-12,17-18,23-24H,13-16H2,1-4H3/t17-,18-,23?,24?/m0/s1. The van der Waals surface area contributed by atoms with Crippen LogP contribution in [-0.2, 0) is 22.7 Å². The van der Waals surface area contributed by atoms with E-state index in [-0.39, 0.29) is 0 Å². The van der Waals surface area contributed by atoms with Crippen LogP contribution in [0.1, 0.15) is 25.0 Å². The van der Waals surface area contributed by atoms with E-state index in [4.69, 9.17) is 18.9 Å². The van der Waals surface area contributed by atoms with Crippen LogP contribution in [0.25, 0.3) is 0 Å². The van der Waals surface area contributed by atoms with Crippen molar-refractivity contribution in [3.05, 3.63) is 59.7 Å². The van der Waals surface area contributed by atoms with Gasteiger partial charge in [-0.3, -0.25) is 0 Å². The van der Waals surface area contributed by atoms with Crippen molar-refractivity contribution in [1.29, 1.82) is 0 Å². The summed E-state index contributed by atoms with van der Waals surface area (Å²) in [7, 11) is 3.38. The summed E-state index contributed by atoms with van der Waals surface area (Å²) < 4.78 is 22.8. The van der Waals surface area contributed by atoms with Crippen molar-refractivity contribution in [2.45, 2.75) is 43.3 Å². The molecule has 2 unspecified atom stereocenters. The molecule has 5 heteroatoms. The zero-order valence-corrected chi connectivity index (χ0v) is 19.5. The minimum atomic E-state index is 0.338. The molecule has 29 heavy (non-hydrogen) atoms.